The molecule has 0 spiro atoms. The Morgan fingerprint density at radius 3 is 2.23 bits per heavy atom. The standard InChI is InChI=1S/C25H36N8O7/c1-13(2)19-22(37)33-20(14-7-4-3-5-8-14)23(38)31-16(24(39)40)11-17(34)29-12-18(35)30-15(21(36)32-19)9-6-10-28-25(26)27/h3-5,7-8,13,15-16,19-20H,6,9-12H2,1-2H3,(H,29,34)(H,30,35)(H,31,38)(H,32,36)(H,33,37)(H,39,40)(H4,26,27,28)/t15-,16-,19+,20+/m0/s1. The van der Waals surface area contributed by atoms with E-state index < -0.39 is 78.6 Å². The molecule has 5 amide bonds. The van der Waals surface area contributed by atoms with Gasteiger partial charge in [0.2, 0.25) is 29.5 Å². The zero-order valence-electron chi connectivity index (χ0n) is 22.3. The van der Waals surface area contributed by atoms with Gasteiger partial charge in [0, 0.05) is 6.54 Å². The van der Waals surface area contributed by atoms with Crippen molar-refractivity contribution in [3.8, 4) is 0 Å². The number of amides is 5. The maximum atomic E-state index is 13.4. The second-order valence-electron chi connectivity index (χ2n) is 9.53. The van der Waals surface area contributed by atoms with Gasteiger partial charge in [0.05, 0.1) is 13.0 Å². The Balaban J connectivity index is 2.43. The summed E-state index contributed by atoms with van der Waals surface area (Å²) in [5, 5.41) is 21.9. The third kappa shape index (κ3) is 9.89. The van der Waals surface area contributed by atoms with Crippen molar-refractivity contribution in [2.45, 2.75) is 57.3 Å². The third-order valence-corrected chi connectivity index (χ3v) is 5.98. The maximum absolute atomic E-state index is 13.4. The molecule has 1 aliphatic heterocycles. The number of nitrogens with two attached hydrogens (primary N) is 2. The normalized spacial score (nSPS) is 23.2. The fraction of sp³-hybridized carbons (Fsp3) is 0.480. The van der Waals surface area contributed by atoms with Crippen LogP contribution in [0.15, 0.2) is 35.3 Å². The third-order valence-electron chi connectivity index (χ3n) is 5.98. The van der Waals surface area contributed by atoms with E-state index in [1.54, 1.807) is 44.2 Å². The number of nitrogens with zero attached hydrogens (tertiary/aromatic N) is 1. The number of hydrogen-bond donors (Lipinski definition) is 8. The van der Waals surface area contributed by atoms with Crippen LogP contribution in [-0.2, 0) is 28.8 Å². The lowest BCUT2D eigenvalue weighted by Gasteiger charge is -2.28. The van der Waals surface area contributed by atoms with Crippen molar-refractivity contribution in [3.05, 3.63) is 35.9 Å². The average Bonchev–Trinajstić information content (AvgIpc) is 2.89. The molecule has 1 heterocycles. The first-order valence-corrected chi connectivity index (χ1v) is 12.7. The molecule has 0 radical (unpaired) electrons. The number of carbonyl (C=O) groups is 6. The quantitative estimate of drug-likeness (QED) is 0.101. The Morgan fingerprint density at radius 2 is 1.62 bits per heavy atom. The van der Waals surface area contributed by atoms with E-state index in [0.717, 1.165) is 0 Å². The van der Waals surface area contributed by atoms with Crippen molar-refractivity contribution in [3.63, 3.8) is 0 Å². The molecule has 0 unspecified atom stereocenters. The molecule has 1 aromatic rings. The van der Waals surface area contributed by atoms with E-state index in [1.807, 2.05) is 0 Å². The van der Waals surface area contributed by atoms with Crippen LogP contribution in [0.25, 0.3) is 0 Å². The van der Waals surface area contributed by atoms with Crippen LogP contribution in [0, 0.1) is 5.92 Å². The molecule has 40 heavy (non-hydrogen) atoms. The fourth-order valence-corrected chi connectivity index (χ4v) is 3.88. The molecular weight excluding hydrogens is 524 g/mol. The molecule has 4 atom stereocenters. The predicted octanol–water partition coefficient (Wildman–Crippen LogP) is -2.39. The summed E-state index contributed by atoms with van der Waals surface area (Å²) in [6, 6.07) is 2.89. The van der Waals surface area contributed by atoms with Crippen molar-refractivity contribution < 1.29 is 33.9 Å². The summed E-state index contributed by atoms with van der Waals surface area (Å²) in [4.78, 5) is 80.4. The number of guanidine groups is 1. The minimum atomic E-state index is -1.64. The summed E-state index contributed by atoms with van der Waals surface area (Å²) < 4.78 is 0. The van der Waals surface area contributed by atoms with Crippen LogP contribution in [0.1, 0.15) is 44.7 Å². The summed E-state index contributed by atoms with van der Waals surface area (Å²) in [6.07, 6.45) is -0.274. The van der Waals surface area contributed by atoms with E-state index >= 15 is 0 Å². The first kappa shape index (κ1) is 31.5. The van der Waals surface area contributed by atoms with Crippen LogP contribution >= 0.6 is 0 Å². The summed E-state index contributed by atoms with van der Waals surface area (Å²) in [5.74, 6) is -5.88. The van der Waals surface area contributed by atoms with Crippen LogP contribution in [0.4, 0.5) is 0 Å². The number of hydrogen-bond acceptors (Lipinski definition) is 7. The Hall–Kier alpha value is -4.69. The molecule has 15 nitrogen and oxygen atoms in total. The first-order chi connectivity index (χ1) is 18.9. The zero-order valence-corrected chi connectivity index (χ0v) is 22.3. The number of aliphatic carboxylic acids is 1. The average molecular weight is 561 g/mol. The lowest BCUT2D eigenvalue weighted by molar-refractivity contribution is -0.144. The fourth-order valence-electron chi connectivity index (χ4n) is 3.88. The summed E-state index contributed by atoms with van der Waals surface area (Å²) in [6.45, 7) is 2.99. The molecular formula is C25H36N8O7. The van der Waals surface area contributed by atoms with Gasteiger partial charge in [0.1, 0.15) is 24.2 Å². The lowest BCUT2D eigenvalue weighted by Crippen LogP contribution is -2.58. The number of nitrogens with one attached hydrogen (secondary N) is 5. The van der Waals surface area contributed by atoms with Gasteiger partial charge in [0.25, 0.3) is 0 Å². The van der Waals surface area contributed by atoms with E-state index in [4.69, 9.17) is 11.5 Å². The molecule has 1 saturated heterocycles. The highest BCUT2D eigenvalue weighted by molar-refractivity contribution is 5.97. The molecule has 2 rings (SSSR count). The summed E-state index contributed by atoms with van der Waals surface area (Å²) in [5.41, 5.74) is 11.0. The molecule has 1 aliphatic rings. The highest BCUT2D eigenvalue weighted by atomic mass is 16.4. The Kier molecular flexibility index (Phi) is 11.9. The number of carbonyl (C=O) groups excluding carboxylic acids is 5. The highest BCUT2D eigenvalue weighted by Crippen LogP contribution is 2.15. The van der Waals surface area contributed by atoms with Crippen molar-refractivity contribution in [2.24, 2.45) is 22.4 Å². The van der Waals surface area contributed by atoms with E-state index in [0.29, 0.717) is 12.0 Å². The van der Waals surface area contributed by atoms with Gasteiger partial charge in [-0.15, -0.1) is 0 Å². The maximum Gasteiger partial charge on any atom is 0.326 e. The molecule has 1 fully saturated rings. The molecule has 15 heteroatoms. The van der Waals surface area contributed by atoms with E-state index in [2.05, 4.69) is 31.6 Å². The van der Waals surface area contributed by atoms with E-state index in [1.165, 1.54) is 0 Å². The van der Waals surface area contributed by atoms with Crippen LogP contribution < -0.4 is 38.1 Å². The first-order valence-electron chi connectivity index (χ1n) is 12.7. The van der Waals surface area contributed by atoms with Crippen LogP contribution in [-0.4, -0.2) is 77.8 Å². The molecule has 0 aliphatic carbocycles. The Morgan fingerprint density at radius 1 is 0.950 bits per heavy atom. The smallest absolute Gasteiger partial charge is 0.326 e. The highest BCUT2D eigenvalue weighted by Gasteiger charge is 2.34. The SMILES string of the molecule is CC(C)[C@H]1NC(=O)[C@H](CCCN=C(N)N)NC(=O)CNC(=O)C[C@@H](C(=O)O)NC(=O)[C@@H](c2ccccc2)NC1=O. The number of carboxylic acids is 1. The Labute approximate surface area is 230 Å². The topological polar surface area (TPSA) is 247 Å². The Bertz CT molecular complexity index is 1120. The van der Waals surface area contributed by atoms with Gasteiger partial charge >= 0.3 is 5.97 Å². The summed E-state index contributed by atoms with van der Waals surface area (Å²) in [7, 11) is 0. The number of aliphatic imine (C=N–C) groups is 1. The number of benzene rings is 1. The van der Waals surface area contributed by atoms with E-state index in [9.17, 15) is 33.9 Å². The minimum Gasteiger partial charge on any atom is -0.480 e. The van der Waals surface area contributed by atoms with Crippen molar-refractivity contribution in [1.29, 1.82) is 0 Å². The van der Waals surface area contributed by atoms with Gasteiger partial charge in [-0.05, 0) is 24.3 Å². The zero-order chi connectivity index (χ0) is 29.8. The van der Waals surface area contributed by atoms with Crippen molar-refractivity contribution in [1.82, 2.24) is 26.6 Å². The van der Waals surface area contributed by atoms with Gasteiger partial charge in [0.15, 0.2) is 5.96 Å². The largest absolute Gasteiger partial charge is 0.480 e. The molecule has 1 aromatic carbocycles. The van der Waals surface area contributed by atoms with Gasteiger partial charge in [-0.1, -0.05) is 44.2 Å². The monoisotopic (exact) mass is 560 g/mol. The molecule has 0 bridgehead atoms. The second kappa shape index (κ2) is 15.0. The molecule has 0 aromatic heterocycles. The van der Waals surface area contributed by atoms with Gasteiger partial charge < -0.3 is 43.2 Å². The van der Waals surface area contributed by atoms with Crippen LogP contribution in [0.2, 0.25) is 0 Å². The second-order valence-corrected chi connectivity index (χ2v) is 9.53. The van der Waals surface area contributed by atoms with E-state index in [-0.39, 0.29) is 18.9 Å². The van der Waals surface area contributed by atoms with Crippen molar-refractivity contribution >= 4 is 41.5 Å². The van der Waals surface area contributed by atoms with Crippen molar-refractivity contribution in [2.75, 3.05) is 13.1 Å². The van der Waals surface area contributed by atoms with Crippen LogP contribution in [0.5, 0.6) is 0 Å². The lowest BCUT2D eigenvalue weighted by atomic mass is 9.99. The van der Waals surface area contributed by atoms with Crippen LogP contribution in [0.3, 0.4) is 0 Å². The molecule has 10 N–H and O–H groups in total. The van der Waals surface area contributed by atoms with Gasteiger partial charge in [-0.3, -0.25) is 29.0 Å². The predicted molar refractivity (Wildman–Crippen MR) is 143 cm³/mol. The number of rotatable bonds is 7. The minimum absolute atomic E-state index is 0.102. The van der Waals surface area contributed by atoms with Gasteiger partial charge in [-0.2, -0.15) is 0 Å². The number of carboxylic acid groups (broad SMARTS) is 1. The summed E-state index contributed by atoms with van der Waals surface area (Å²) >= 11 is 0. The molecule has 0 saturated carbocycles. The van der Waals surface area contributed by atoms with Gasteiger partial charge in [-0.25, -0.2) is 4.79 Å². The molecule has 218 valence electrons.